The summed E-state index contributed by atoms with van der Waals surface area (Å²) < 4.78 is 0. The van der Waals surface area contributed by atoms with Crippen LogP contribution in [0.15, 0.2) is 24.3 Å². The molecule has 0 aromatic heterocycles. The van der Waals surface area contributed by atoms with E-state index in [0.717, 1.165) is 13.0 Å². The van der Waals surface area contributed by atoms with E-state index in [1.165, 1.54) is 11.3 Å². The Morgan fingerprint density at radius 2 is 2.06 bits per heavy atom. The van der Waals surface area contributed by atoms with Gasteiger partial charge >= 0.3 is 0 Å². The summed E-state index contributed by atoms with van der Waals surface area (Å²) in [7, 11) is 4.12. The van der Waals surface area contributed by atoms with Gasteiger partial charge in [0.05, 0.1) is 0 Å². The highest BCUT2D eigenvalue weighted by Crippen LogP contribution is 2.18. The number of nitrogens with zero attached hydrogens (tertiary/aromatic N) is 1. The van der Waals surface area contributed by atoms with Crippen LogP contribution in [0.25, 0.3) is 0 Å². The molecule has 1 rings (SSSR count). The highest BCUT2D eigenvalue weighted by molar-refractivity contribution is 5.47. The predicted octanol–water partition coefficient (Wildman–Crippen LogP) is 2.14. The molecular weight excluding hydrogens is 210 g/mol. The molecule has 0 saturated carbocycles. The molecule has 0 radical (unpaired) electrons. The smallest absolute Gasteiger partial charge is 0.0364 e. The van der Waals surface area contributed by atoms with Crippen LogP contribution < -0.4 is 16.0 Å². The van der Waals surface area contributed by atoms with Crippen LogP contribution in [0.3, 0.4) is 0 Å². The van der Waals surface area contributed by atoms with E-state index in [0.29, 0.717) is 6.04 Å². The van der Waals surface area contributed by atoms with Gasteiger partial charge in [-0.05, 0) is 31.0 Å². The molecule has 3 N–H and O–H groups in total. The van der Waals surface area contributed by atoms with Gasteiger partial charge in [-0.3, -0.25) is 0 Å². The second kappa shape index (κ2) is 6.62. The molecule has 0 aliphatic heterocycles. The number of nitrogens with two attached hydrogens (primary N) is 1. The number of hydrogen-bond donors (Lipinski definition) is 2. The molecule has 1 aromatic rings. The standard InChI is InChI=1S/C14H25N3/c1-5-13(15)10-16-11(2)12-7-6-8-14(9-12)17(3)4/h6-9,11,13,16H,5,10,15H2,1-4H3. The lowest BCUT2D eigenvalue weighted by molar-refractivity contribution is 0.508. The Morgan fingerprint density at radius 1 is 1.35 bits per heavy atom. The number of benzene rings is 1. The zero-order valence-corrected chi connectivity index (χ0v) is 11.4. The fraction of sp³-hybridized carbons (Fsp3) is 0.571. The van der Waals surface area contributed by atoms with Gasteiger partial charge in [-0.15, -0.1) is 0 Å². The Hall–Kier alpha value is -1.06. The molecule has 96 valence electrons. The zero-order valence-electron chi connectivity index (χ0n) is 11.4. The van der Waals surface area contributed by atoms with Crippen molar-refractivity contribution in [2.24, 2.45) is 5.73 Å². The molecular formula is C14H25N3. The van der Waals surface area contributed by atoms with Crippen LogP contribution in [0.5, 0.6) is 0 Å². The van der Waals surface area contributed by atoms with E-state index in [1.54, 1.807) is 0 Å². The molecule has 0 spiro atoms. The summed E-state index contributed by atoms with van der Waals surface area (Å²) in [5, 5.41) is 3.47. The minimum atomic E-state index is 0.245. The van der Waals surface area contributed by atoms with Crippen LogP contribution in [0, 0.1) is 0 Å². The topological polar surface area (TPSA) is 41.3 Å². The van der Waals surface area contributed by atoms with Crippen LogP contribution in [-0.2, 0) is 0 Å². The molecule has 2 unspecified atom stereocenters. The lowest BCUT2D eigenvalue weighted by Crippen LogP contribution is -2.34. The molecule has 0 amide bonds. The lowest BCUT2D eigenvalue weighted by Gasteiger charge is -2.19. The summed E-state index contributed by atoms with van der Waals surface area (Å²) in [5.41, 5.74) is 8.44. The van der Waals surface area contributed by atoms with Gasteiger partial charge in [0.15, 0.2) is 0 Å². The van der Waals surface area contributed by atoms with Crippen molar-refractivity contribution in [3.63, 3.8) is 0 Å². The third-order valence-electron chi connectivity index (χ3n) is 3.10. The summed E-state index contributed by atoms with van der Waals surface area (Å²) in [6, 6.07) is 9.18. The van der Waals surface area contributed by atoms with Gasteiger partial charge in [-0.2, -0.15) is 0 Å². The molecule has 0 saturated heterocycles. The molecule has 0 bridgehead atoms. The predicted molar refractivity (Wildman–Crippen MR) is 75.5 cm³/mol. The van der Waals surface area contributed by atoms with Crippen molar-refractivity contribution in [1.82, 2.24) is 5.32 Å². The van der Waals surface area contributed by atoms with Crippen molar-refractivity contribution in [3.05, 3.63) is 29.8 Å². The van der Waals surface area contributed by atoms with Crippen molar-refractivity contribution >= 4 is 5.69 Å². The first-order valence-corrected chi connectivity index (χ1v) is 6.30. The molecule has 0 aliphatic carbocycles. The van der Waals surface area contributed by atoms with Crippen LogP contribution in [0.4, 0.5) is 5.69 Å². The minimum absolute atomic E-state index is 0.245. The number of nitrogens with one attached hydrogen (secondary N) is 1. The van der Waals surface area contributed by atoms with E-state index < -0.39 is 0 Å². The van der Waals surface area contributed by atoms with Crippen molar-refractivity contribution in [2.45, 2.75) is 32.4 Å². The van der Waals surface area contributed by atoms with Gasteiger partial charge in [-0.25, -0.2) is 0 Å². The number of rotatable bonds is 6. The van der Waals surface area contributed by atoms with Gasteiger partial charge in [0.2, 0.25) is 0 Å². The Kier molecular flexibility index (Phi) is 5.45. The summed E-state index contributed by atoms with van der Waals surface area (Å²) in [4.78, 5) is 2.12. The van der Waals surface area contributed by atoms with Crippen molar-refractivity contribution < 1.29 is 0 Å². The second-order valence-corrected chi connectivity index (χ2v) is 4.79. The van der Waals surface area contributed by atoms with E-state index in [9.17, 15) is 0 Å². The van der Waals surface area contributed by atoms with Gasteiger partial charge in [0.25, 0.3) is 0 Å². The fourth-order valence-electron chi connectivity index (χ4n) is 1.66. The van der Waals surface area contributed by atoms with Gasteiger partial charge < -0.3 is 16.0 Å². The Balaban J connectivity index is 2.62. The van der Waals surface area contributed by atoms with Crippen LogP contribution >= 0.6 is 0 Å². The molecule has 3 nitrogen and oxygen atoms in total. The first kappa shape index (κ1) is 14.0. The van der Waals surface area contributed by atoms with Crippen LogP contribution in [0.2, 0.25) is 0 Å². The molecule has 1 aromatic carbocycles. The number of hydrogen-bond acceptors (Lipinski definition) is 3. The SMILES string of the molecule is CCC(N)CNC(C)c1cccc(N(C)C)c1. The summed E-state index contributed by atoms with van der Waals surface area (Å²) in [5.74, 6) is 0. The maximum absolute atomic E-state index is 5.91. The van der Waals surface area contributed by atoms with E-state index in [4.69, 9.17) is 5.73 Å². The monoisotopic (exact) mass is 235 g/mol. The largest absolute Gasteiger partial charge is 0.378 e. The first-order valence-electron chi connectivity index (χ1n) is 6.30. The van der Waals surface area contributed by atoms with E-state index in [2.05, 4.69) is 62.4 Å². The Labute approximate surface area is 105 Å². The van der Waals surface area contributed by atoms with Gasteiger partial charge in [-0.1, -0.05) is 19.1 Å². The Bertz CT molecular complexity index is 336. The second-order valence-electron chi connectivity index (χ2n) is 4.79. The molecule has 3 heteroatoms. The van der Waals surface area contributed by atoms with Crippen LogP contribution in [-0.4, -0.2) is 26.7 Å². The maximum atomic E-state index is 5.91. The highest BCUT2D eigenvalue weighted by atomic mass is 15.1. The molecule has 0 fully saturated rings. The number of anilines is 1. The molecule has 2 atom stereocenters. The molecule has 17 heavy (non-hydrogen) atoms. The van der Waals surface area contributed by atoms with Crippen molar-refractivity contribution in [3.8, 4) is 0 Å². The van der Waals surface area contributed by atoms with Crippen molar-refractivity contribution in [2.75, 3.05) is 25.5 Å². The van der Waals surface area contributed by atoms with Gasteiger partial charge in [0.1, 0.15) is 0 Å². The minimum Gasteiger partial charge on any atom is -0.378 e. The van der Waals surface area contributed by atoms with Gasteiger partial charge in [0, 0.05) is 38.4 Å². The average Bonchev–Trinajstić information content (AvgIpc) is 2.35. The summed E-state index contributed by atoms with van der Waals surface area (Å²) >= 11 is 0. The molecule has 0 heterocycles. The fourth-order valence-corrected chi connectivity index (χ4v) is 1.66. The quantitative estimate of drug-likeness (QED) is 0.794. The highest BCUT2D eigenvalue weighted by Gasteiger charge is 2.07. The summed E-state index contributed by atoms with van der Waals surface area (Å²) in [6.45, 7) is 5.16. The normalized spacial score (nSPS) is 14.4. The first-order chi connectivity index (χ1) is 8.04. The Morgan fingerprint density at radius 3 is 2.65 bits per heavy atom. The van der Waals surface area contributed by atoms with Crippen LogP contribution in [0.1, 0.15) is 31.9 Å². The van der Waals surface area contributed by atoms with Crippen molar-refractivity contribution in [1.29, 1.82) is 0 Å². The van der Waals surface area contributed by atoms with E-state index >= 15 is 0 Å². The third kappa shape index (κ3) is 4.36. The average molecular weight is 235 g/mol. The van der Waals surface area contributed by atoms with E-state index in [1.807, 2.05) is 0 Å². The maximum Gasteiger partial charge on any atom is 0.0364 e. The van der Waals surface area contributed by atoms with E-state index in [-0.39, 0.29) is 6.04 Å². The molecule has 0 aliphatic rings. The summed E-state index contributed by atoms with van der Waals surface area (Å²) in [6.07, 6.45) is 1.01. The third-order valence-corrected chi connectivity index (χ3v) is 3.10. The zero-order chi connectivity index (χ0) is 12.8. The lowest BCUT2D eigenvalue weighted by atomic mass is 10.1.